The molecule has 3 nitrogen and oxygen atoms in total. The molecule has 0 N–H and O–H groups in total. The van der Waals surface area contributed by atoms with Crippen LogP contribution >= 0.6 is 15.9 Å². The molecular weight excluding hydrogens is 260 g/mol. The first kappa shape index (κ1) is 12.2. The molecule has 0 aliphatic heterocycles. The van der Waals surface area contributed by atoms with E-state index in [-0.39, 0.29) is 5.97 Å². The molecule has 0 amide bonds. The lowest BCUT2D eigenvalue weighted by molar-refractivity contribution is 0.0526. The third-order valence-corrected chi connectivity index (χ3v) is 2.13. The maximum Gasteiger partial charge on any atom is 0.338 e. The summed E-state index contributed by atoms with van der Waals surface area (Å²) in [5.74, 6) is -0.287. The van der Waals surface area contributed by atoms with Crippen LogP contribution < -0.4 is 0 Å². The SMILES string of the molecule is CCOC(=O)c1ccc(COCBr)cc1. The first-order valence-corrected chi connectivity index (χ1v) is 5.80. The minimum absolute atomic E-state index is 0.287. The molecule has 1 aromatic carbocycles. The van der Waals surface area contributed by atoms with E-state index in [0.717, 1.165) is 5.56 Å². The van der Waals surface area contributed by atoms with Gasteiger partial charge in [0.25, 0.3) is 0 Å². The molecule has 0 spiro atoms. The fourth-order valence-corrected chi connectivity index (χ4v) is 1.27. The van der Waals surface area contributed by atoms with Crippen LogP contribution in [0.5, 0.6) is 0 Å². The summed E-state index contributed by atoms with van der Waals surface area (Å²) in [6.07, 6.45) is 0. The number of carbonyl (C=O) groups excluding carboxylic acids is 1. The molecule has 0 radical (unpaired) electrons. The third kappa shape index (κ3) is 4.01. The van der Waals surface area contributed by atoms with Crippen LogP contribution in [0.25, 0.3) is 0 Å². The average Bonchev–Trinajstić information content (AvgIpc) is 2.27. The zero-order valence-corrected chi connectivity index (χ0v) is 10.1. The summed E-state index contributed by atoms with van der Waals surface area (Å²) in [5, 5.41) is 0. The second-order valence-corrected chi connectivity index (χ2v) is 3.33. The topological polar surface area (TPSA) is 35.5 Å². The number of benzene rings is 1. The number of hydrogen-bond acceptors (Lipinski definition) is 3. The molecule has 0 heterocycles. The molecule has 15 heavy (non-hydrogen) atoms. The number of ether oxygens (including phenoxy) is 2. The molecule has 82 valence electrons. The van der Waals surface area contributed by atoms with E-state index in [0.29, 0.717) is 24.3 Å². The van der Waals surface area contributed by atoms with E-state index in [4.69, 9.17) is 9.47 Å². The van der Waals surface area contributed by atoms with Crippen molar-refractivity contribution in [2.75, 3.05) is 12.1 Å². The fourth-order valence-electron chi connectivity index (χ4n) is 1.11. The zero-order chi connectivity index (χ0) is 11.1. The lowest BCUT2D eigenvalue weighted by Gasteiger charge is -2.03. The minimum Gasteiger partial charge on any atom is -0.462 e. The molecule has 0 bridgehead atoms. The molecule has 4 heteroatoms. The quantitative estimate of drug-likeness (QED) is 0.611. The molecule has 0 saturated heterocycles. The van der Waals surface area contributed by atoms with Crippen molar-refractivity contribution < 1.29 is 14.3 Å². The van der Waals surface area contributed by atoms with Crippen molar-refractivity contribution in [2.24, 2.45) is 0 Å². The fraction of sp³-hybridized carbons (Fsp3) is 0.364. The van der Waals surface area contributed by atoms with E-state index in [1.54, 1.807) is 19.1 Å². The molecule has 0 aromatic heterocycles. The van der Waals surface area contributed by atoms with E-state index < -0.39 is 0 Å². The highest BCUT2D eigenvalue weighted by Gasteiger charge is 2.05. The Labute approximate surface area is 97.5 Å². The van der Waals surface area contributed by atoms with Gasteiger partial charge in [-0.2, -0.15) is 0 Å². The highest BCUT2D eigenvalue weighted by molar-refractivity contribution is 9.09. The largest absolute Gasteiger partial charge is 0.462 e. The number of alkyl halides is 1. The van der Waals surface area contributed by atoms with Crippen LogP contribution in [-0.4, -0.2) is 18.1 Å². The molecule has 0 aliphatic rings. The first-order valence-electron chi connectivity index (χ1n) is 4.67. The van der Waals surface area contributed by atoms with Gasteiger partial charge >= 0.3 is 5.97 Å². The zero-order valence-electron chi connectivity index (χ0n) is 8.53. The predicted molar refractivity (Wildman–Crippen MR) is 61.0 cm³/mol. The molecule has 0 unspecified atom stereocenters. The Hall–Kier alpha value is -0.870. The average molecular weight is 273 g/mol. The van der Waals surface area contributed by atoms with Gasteiger partial charge < -0.3 is 9.47 Å². The Balaban J connectivity index is 2.59. The number of halogens is 1. The summed E-state index contributed by atoms with van der Waals surface area (Å²) in [6.45, 7) is 2.72. The van der Waals surface area contributed by atoms with Crippen molar-refractivity contribution in [1.29, 1.82) is 0 Å². The van der Waals surface area contributed by atoms with Crippen LogP contribution in [0.1, 0.15) is 22.8 Å². The van der Waals surface area contributed by atoms with Gasteiger partial charge in [-0.1, -0.05) is 28.1 Å². The summed E-state index contributed by atoms with van der Waals surface area (Å²) in [6, 6.07) is 7.19. The Morgan fingerprint density at radius 3 is 2.53 bits per heavy atom. The highest BCUT2D eigenvalue weighted by Crippen LogP contribution is 2.07. The Morgan fingerprint density at radius 1 is 1.33 bits per heavy atom. The second kappa shape index (κ2) is 6.58. The smallest absolute Gasteiger partial charge is 0.338 e. The van der Waals surface area contributed by atoms with Crippen molar-refractivity contribution in [2.45, 2.75) is 13.5 Å². The van der Waals surface area contributed by atoms with Gasteiger partial charge in [-0.3, -0.25) is 0 Å². The number of rotatable bonds is 5. The second-order valence-electron chi connectivity index (χ2n) is 2.87. The van der Waals surface area contributed by atoms with E-state index >= 15 is 0 Å². The molecular formula is C11H13BrO3. The van der Waals surface area contributed by atoms with E-state index in [1.807, 2.05) is 12.1 Å². The van der Waals surface area contributed by atoms with Crippen molar-refractivity contribution in [3.63, 3.8) is 0 Å². The van der Waals surface area contributed by atoms with Crippen LogP contribution in [-0.2, 0) is 16.1 Å². The Bertz CT molecular complexity index is 308. The normalized spacial score (nSPS) is 10.0. The lowest BCUT2D eigenvalue weighted by Crippen LogP contribution is -2.04. The number of hydrogen-bond donors (Lipinski definition) is 0. The Morgan fingerprint density at radius 2 is 2.00 bits per heavy atom. The summed E-state index contributed by atoms with van der Waals surface area (Å²) in [4.78, 5) is 11.3. The van der Waals surface area contributed by atoms with Gasteiger partial charge in [0, 0.05) is 0 Å². The van der Waals surface area contributed by atoms with Crippen molar-refractivity contribution in [1.82, 2.24) is 0 Å². The lowest BCUT2D eigenvalue weighted by atomic mass is 10.1. The third-order valence-electron chi connectivity index (χ3n) is 1.81. The number of esters is 1. The van der Waals surface area contributed by atoms with Gasteiger partial charge in [-0.05, 0) is 24.6 Å². The van der Waals surface area contributed by atoms with Crippen molar-refractivity contribution in [3.8, 4) is 0 Å². The van der Waals surface area contributed by atoms with Crippen LogP contribution in [0.15, 0.2) is 24.3 Å². The predicted octanol–water partition coefficient (Wildman–Crippen LogP) is 2.73. The van der Waals surface area contributed by atoms with Crippen LogP contribution in [0.3, 0.4) is 0 Å². The maximum atomic E-state index is 11.3. The van der Waals surface area contributed by atoms with Gasteiger partial charge in [0.2, 0.25) is 0 Å². The van der Waals surface area contributed by atoms with Gasteiger partial charge in [0.1, 0.15) is 5.52 Å². The van der Waals surface area contributed by atoms with Crippen LogP contribution in [0.4, 0.5) is 0 Å². The van der Waals surface area contributed by atoms with Crippen LogP contribution in [0, 0.1) is 0 Å². The highest BCUT2D eigenvalue weighted by atomic mass is 79.9. The molecule has 0 atom stereocenters. The summed E-state index contributed by atoms with van der Waals surface area (Å²) < 4.78 is 10.0. The minimum atomic E-state index is -0.287. The maximum absolute atomic E-state index is 11.3. The summed E-state index contributed by atoms with van der Waals surface area (Å²) >= 11 is 3.17. The first-order chi connectivity index (χ1) is 7.27. The molecule has 0 saturated carbocycles. The molecule has 0 aliphatic carbocycles. The molecule has 1 aromatic rings. The van der Waals surface area contributed by atoms with Crippen LogP contribution in [0.2, 0.25) is 0 Å². The monoisotopic (exact) mass is 272 g/mol. The standard InChI is InChI=1S/C11H13BrO3/c1-2-15-11(13)10-5-3-9(4-6-10)7-14-8-12/h3-6H,2,7-8H2,1H3. The van der Waals surface area contributed by atoms with Crippen molar-refractivity contribution >= 4 is 21.9 Å². The molecule has 0 fully saturated rings. The van der Waals surface area contributed by atoms with E-state index in [2.05, 4.69) is 15.9 Å². The Kier molecular flexibility index (Phi) is 5.36. The van der Waals surface area contributed by atoms with Gasteiger partial charge in [0.05, 0.1) is 18.8 Å². The summed E-state index contributed by atoms with van der Waals surface area (Å²) in [7, 11) is 0. The summed E-state index contributed by atoms with van der Waals surface area (Å²) in [5.41, 5.74) is 2.11. The van der Waals surface area contributed by atoms with E-state index in [9.17, 15) is 4.79 Å². The van der Waals surface area contributed by atoms with Gasteiger partial charge in [0.15, 0.2) is 0 Å². The van der Waals surface area contributed by atoms with Gasteiger partial charge in [-0.25, -0.2) is 4.79 Å². The van der Waals surface area contributed by atoms with Gasteiger partial charge in [-0.15, -0.1) is 0 Å². The molecule has 1 rings (SSSR count). The number of carbonyl (C=O) groups is 1. The van der Waals surface area contributed by atoms with Crippen molar-refractivity contribution in [3.05, 3.63) is 35.4 Å². The van der Waals surface area contributed by atoms with E-state index in [1.165, 1.54) is 0 Å².